The maximum atomic E-state index is 12.9. The lowest BCUT2D eigenvalue weighted by molar-refractivity contribution is 0.102. The number of nitrogens with zero attached hydrogens (tertiary/aromatic N) is 1. The second kappa shape index (κ2) is 7.61. The highest BCUT2D eigenvalue weighted by molar-refractivity contribution is 6.07. The van der Waals surface area contributed by atoms with Crippen LogP contribution in [-0.2, 0) is 0 Å². The average molecular weight is 408 g/mol. The van der Waals surface area contributed by atoms with Crippen LogP contribution < -0.4 is 10.1 Å². The zero-order chi connectivity index (χ0) is 21.4. The van der Waals surface area contributed by atoms with Crippen LogP contribution in [0.25, 0.3) is 33.3 Å². The van der Waals surface area contributed by atoms with Crippen LogP contribution in [0.4, 0.5) is 5.69 Å². The standard InChI is InChI=1S/C26H20N2O3/c1-16-7-5-12-21(24(16)30-2)25(29)27-19-10-6-9-18(15-19)26-28-23-20-11-4-3-8-17(20)13-14-22(23)31-26/h3-15H,1-2H3,(H,27,29). The van der Waals surface area contributed by atoms with Crippen LogP contribution in [0.5, 0.6) is 5.75 Å². The van der Waals surface area contributed by atoms with Crippen LogP contribution in [0.15, 0.2) is 83.3 Å². The van der Waals surface area contributed by atoms with Crippen LogP contribution in [0.3, 0.4) is 0 Å². The third kappa shape index (κ3) is 3.40. The molecule has 0 fully saturated rings. The Morgan fingerprint density at radius 2 is 1.81 bits per heavy atom. The van der Waals surface area contributed by atoms with Crippen molar-refractivity contribution in [3.05, 3.63) is 90.0 Å². The molecule has 1 N–H and O–H groups in total. The number of anilines is 1. The summed E-state index contributed by atoms with van der Waals surface area (Å²) in [5, 5.41) is 5.11. The molecule has 0 spiro atoms. The molecular weight excluding hydrogens is 388 g/mol. The van der Waals surface area contributed by atoms with Gasteiger partial charge in [-0.2, -0.15) is 0 Å². The number of carbonyl (C=O) groups excluding carboxylic acids is 1. The predicted molar refractivity (Wildman–Crippen MR) is 123 cm³/mol. The molecule has 0 aliphatic heterocycles. The van der Waals surface area contributed by atoms with Crippen LogP contribution in [-0.4, -0.2) is 18.0 Å². The number of methoxy groups -OCH3 is 1. The summed E-state index contributed by atoms with van der Waals surface area (Å²) < 4.78 is 11.4. The molecule has 0 radical (unpaired) electrons. The molecule has 0 saturated carbocycles. The van der Waals surface area contributed by atoms with Gasteiger partial charge in [0.1, 0.15) is 11.3 Å². The summed E-state index contributed by atoms with van der Waals surface area (Å²) in [6.07, 6.45) is 0. The summed E-state index contributed by atoms with van der Waals surface area (Å²) in [7, 11) is 1.57. The van der Waals surface area contributed by atoms with Crippen molar-refractivity contribution in [3.8, 4) is 17.2 Å². The zero-order valence-corrected chi connectivity index (χ0v) is 17.2. The highest BCUT2D eigenvalue weighted by Crippen LogP contribution is 2.31. The minimum absolute atomic E-state index is 0.235. The lowest BCUT2D eigenvalue weighted by Crippen LogP contribution is -2.13. The van der Waals surface area contributed by atoms with E-state index in [1.165, 1.54) is 0 Å². The van der Waals surface area contributed by atoms with E-state index < -0.39 is 0 Å². The molecule has 0 atom stereocenters. The van der Waals surface area contributed by atoms with Crippen molar-refractivity contribution < 1.29 is 13.9 Å². The van der Waals surface area contributed by atoms with Gasteiger partial charge in [0.2, 0.25) is 5.89 Å². The van der Waals surface area contributed by atoms with E-state index in [0.29, 0.717) is 22.9 Å². The SMILES string of the molecule is COc1c(C)cccc1C(=O)Nc1cccc(-c2nc3c(ccc4ccccc43)o2)c1. The Bertz CT molecular complexity index is 1440. The first-order chi connectivity index (χ1) is 15.1. The fourth-order valence-electron chi connectivity index (χ4n) is 3.82. The molecule has 0 aliphatic rings. The Kier molecular flexibility index (Phi) is 4.64. The van der Waals surface area contributed by atoms with E-state index in [0.717, 1.165) is 33.0 Å². The summed E-state index contributed by atoms with van der Waals surface area (Å²) in [5.41, 5.74) is 4.39. The normalized spacial score (nSPS) is 11.0. The molecule has 31 heavy (non-hydrogen) atoms. The number of hydrogen-bond acceptors (Lipinski definition) is 4. The maximum Gasteiger partial charge on any atom is 0.259 e. The van der Waals surface area contributed by atoms with Gasteiger partial charge in [-0.15, -0.1) is 0 Å². The van der Waals surface area contributed by atoms with Crippen molar-refractivity contribution in [2.24, 2.45) is 0 Å². The third-order valence-electron chi connectivity index (χ3n) is 5.31. The van der Waals surface area contributed by atoms with E-state index in [1.54, 1.807) is 13.2 Å². The summed E-state index contributed by atoms with van der Waals surface area (Å²) >= 11 is 0. The van der Waals surface area contributed by atoms with Gasteiger partial charge in [-0.3, -0.25) is 4.79 Å². The fourth-order valence-corrected chi connectivity index (χ4v) is 3.82. The van der Waals surface area contributed by atoms with Crippen LogP contribution in [0, 0.1) is 6.92 Å². The van der Waals surface area contributed by atoms with Crippen molar-refractivity contribution in [2.45, 2.75) is 6.92 Å². The minimum Gasteiger partial charge on any atom is -0.496 e. The van der Waals surface area contributed by atoms with Gasteiger partial charge < -0.3 is 14.5 Å². The number of amides is 1. The summed E-state index contributed by atoms with van der Waals surface area (Å²) in [6, 6.07) is 25.0. The Morgan fingerprint density at radius 1 is 0.968 bits per heavy atom. The number of rotatable bonds is 4. The monoisotopic (exact) mass is 408 g/mol. The van der Waals surface area contributed by atoms with E-state index in [-0.39, 0.29) is 5.91 Å². The smallest absolute Gasteiger partial charge is 0.259 e. The number of aryl methyl sites for hydroxylation is 1. The van der Waals surface area contributed by atoms with E-state index in [4.69, 9.17) is 14.1 Å². The van der Waals surface area contributed by atoms with E-state index in [2.05, 4.69) is 11.4 Å². The lowest BCUT2D eigenvalue weighted by atomic mass is 10.1. The van der Waals surface area contributed by atoms with Gasteiger partial charge in [0.05, 0.1) is 12.7 Å². The molecule has 0 unspecified atom stereocenters. The number of para-hydroxylation sites is 1. The predicted octanol–water partition coefficient (Wildman–Crippen LogP) is 6.22. The molecule has 0 aliphatic carbocycles. The second-order valence-electron chi connectivity index (χ2n) is 7.34. The van der Waals surface area contributed by atoms with Crippen molar-refractivity contribution in [3.63, 3.8) is 0 Å². The number of fused-ring (bicyclic) bond motifs is 3. The molecule has 5 heteroatoms. The van der Waals surface area contributed by atoms with E-state index in [1.807, 2.05) is 73.7 Å². The van der Waals surface area contributed by atoms with Crippen LogP contribution in [0.2, 0.25) is 0 Å². The topological polar surface area (TPSA) is 64.4 Å². The molecule has 1 aromatic heterocycles. The third-order valence-corrected chi connectivity index (χ3v) is 5.31. The van der Waals surface area contributed by atoms with Gasteiger partial charge in [-0.1, -0.05) is 48.5 Å². The average Bonchev–Trinajstić information content (AvgIpc) is 3.24. The summed E-state index contributed by atoms with van der Waals surface area (Å²) in [6.45, 7) is 1.91. The van der Waals surface area contributed by atoms with E-state index in [9.17, 15) is 4.79 Å². The first-order valence-electron chi connectivity index (χ1n) is 9.98. The summed E-state index contributed by atoms with van der Waals surface area (Å²) in [5.74, 6) is 0.846. The number of carbonyl (C=O) groups is 1. The van der Waals surface area contributed by atoms with E-state index >= 15 is 0 Å². The Morgan fingerprint density at radius 3 is 2.68 bits per heavy atom. The molecule has 5 rings (SSSR count). The minimum atomic E-state index is -0.235. The molecule has 0 bridgehead atoms. The van der Waals surface area contributed by atoms with Crippen LogP contribution in [0.1, 0.15) is 15.9 Å². The molecule has 152 valence electrons. The number of ether oxygens (including phenoxy) is 1. The van der Waals surface area contributed by atoms with Gasteiger partial charge in [-0.05, 0) is 48.2 Å². The van der Waals surface area contributed by atoms with Gasteiger partial charge in [0, 0.05) is 16.6 Å². The fraction of sp³-hybridized carbons (Fsp3) is 0.0769. The van der Waals surface area contributed by atoms with Crippen molar-refractivity contribution >= 4 is 33.5 Å². The highest BCUT2D eigenvalue weighted by Gasteiger charge is 2.15. The van der Waals surface area contributed by atoms with Crippen molar-refractivity contribution in [1.82, 2.24) is 4.98 Å². The number of oxazole rings is 1. The molecule has 1 heterocycles. The lowest BCUT2D eigenvalue weighted by Gasteiger charge is -2.11. The Hall–Kier alpha value is -4.12. The number of hydrogen-bond donors (Lipinski definition) is 1. The second-order valence-corrected chi connectivity index (χ2v) is 7.34. The molecule has 0 saturated heterocycles. The molecule has 5 nitrogen and oxygen atoms in total. The molecular formula is C26H20N2O3. The van der Waals surface area contributed by atoms with Crippen molar-refractivity contribution in [2.75, 3.05) is 12.4 Å². The largest absolute Gasteiger partial charge is 0.496 e. The number of aromatic nitrogens is 1. The van der Waals surface area contributed by atoms with Gasteiger partial charge in [-0.25, -0.2) is 4.98 Å². The van der Waals surface area contributed by atoms with Gasteiger partial charge in [0.25, 0.3) is 5.91 Å². The van der Waals surface area contributed by atoms with Gasteiger partial charge >= 0.3 is 0 Å². The first-order valence-corrected chi connectivity index (χ1v) is 9.98. The first kappa shape index (κ1) is 18.9. The highest BCUT2D eigenvalue weighted by atomic mass is 16.5. The van der Waals surface area contributed by atoms with Crippen molar-refractivity contribution in [1.29, 1.82) is 0 Å². The number of benzene rings is 4. The number of nitrogens with one attached hydrogen (secondary N) is 1. The van der Waals surface area contributed by atoms with Gasteiger partial charge in [0.15, 0.2) is 5.58 Å². The zero-order valence-electron chi connectivity index (χ0n) is 17.2. The molecule has 4 aromatic carbocycles. The Labute approximate surface area is 179 Å². The van der Waals surface area contributed by atoms with Crippen LogP contribution >= 0.6 is 0 Å². The molecule has 5 aromatic rings. The quantitative estimate of drug-likeness (QED) is 0.384. The molecule has 1 amide bonds. The Balaban J connectivity index is 1.49. The maximum absolute atomic E-state index is 12.9. The summed E-state index contributed by atoms with van der Waals surface area (Å²) in [4.78, 5) is 17.6.